The van der Waals surface area contributed by atoms with Crippen LogP contribution >= 0.6 is 11.8 Å². The normalized spacial score (nSPS) is 13.1. The Labute approximate surface area is 89.5 Å². The summed E-state index contributed by atoms with van der Waals surface area (Å²) in [6.07, 6.45) is 2.19. The molecule has 0 bridgehead atoms. The van der Waals surface area contributed by atoms with Gasteiger partial charge in [0.15, 0.2) is 0 Å². The molecule has 4 heteroatoms. The van der Waals surface area contributed by atoms with Crippen molar-refractivity contribution in [2.75, 3.05) is 5.75 Å². The molecular formula is C10H18N2OS. The van der Waals surface area contributed by atoms with E-state index >= 15 is 0 Å². The van der Waals surface area contributed by atoms with Gasteiger partial charge in [-0.3, -0.25) is 0 Å². The summed E-state index contributed by atoms with van der Waals surface area (Å²) in [5, 5.41) is 0.742. The number of oxazole rings is 1. The lowest BCUT2D eigenvalue weighted by Gasteiger charge is -2.06. The Morgan fingerprint density at radius 2 is 2.21 bits per heavy atom. The first-order valence-corrected chi connectivity index (χ1v) is 5.94. The lowest BCUT2D eigenvalue weighted by molar-refractivity contribution is 0.430. The van der Waals surface area contributed by atoms with Crippen LogP contribution in [0.5, 0.6) is 0 Å². The zero-order chi connectivity index (χ0) is 10.6. The Hall–Kier alpha value is -0.480. The summed E-state index contributed by atoms with van der Waals surface area (Å²) in [6, 6.07) is 0.248. The molecule has 0 spiro atoms. The second-order valence-electron chi connectivity index (χ2n) is 3.48. The SMILES string of the molecule is CCCC(N)CSc1nc(C)c(C)o1. The van der Waals surface area contributed by atoms with Crippen molar-refractivity contribution in [1.82, 2.24) is 4.98 Å². The molecule has 14 heavy (non-hydrogen) atoms. The third-order valence-corrected chi connectivity index (χ3v) is 3.11. The molecule has 3 nitrogen and oxygen atoms in total. The molecule has 2 N–H and O–H groups in total. The van der Waals surface area contributed by atoms with E-state index in [0.717, 1.165) is 35.3 Å². The van der Waals surface area contributed by atoms with Gasteiger partial charge in [0.05, 0.1) is 5.69 Å². The summed E-state index contributed by atoms with van der Waals surface area (Å²) in [5.74, 6) is 1.78. The molecule has 1 atom stereocenters. The van der Waals surface area contributed by atoms with Gasteiger partial charge in [-0.2, -0.15) is 0 Å². The molecule has 0 aliphatic heterocycles. The first kappa shape index (κ1) is 11.6. The minimum Gasteiger partial charge on any atom is -0.437 e. The van der Waals surface area contributed by atoms with Crippen molar-refractivity contribution >= 4 is 11.8 Å². The number of hydrogen-bond acceptors (Lipinski definition) is 4. The van der Waals surface area contributed by atoms with Crippen LogP contribution in [0.3, 0.4) is 0 Å². The minimum atomic E-state index is 0.248. The van der Waals surface area contributed by atoms with Crippen LogP contribution in [-0.4, -0.2) is 16.8 Å². The fourth-order valence-corrected chi connectivity index (χ4v) is 2.05. The highest BCUT2D eigenvalue weighted by Crippen LogP contribution is 2.20. The molecule has 0 fully saturated rings. The van der Waals surface area contributed by atoms with E-state index < -0.39 is 0 Å². The van der Waals surface area contributed by atoms with E-state index in [9.17, 15) is 0 Å². The fraction of sp³-hybridized carbons (Fsp3) is 0.700. The highest BCUT2D eigenvalue weighted by Gasteiger charge is 2.08. The molecule has 0 aromatic carbocycles. The van der Waals surface area contributed by atoms with Crippen molar-refractivity contribution in [2.24, 2.45) is 5.73 Å². The Morgan fingerprint density at radius 1 is 1.50 bits per heavy atom. The van der Waals surface area contributed by atoms with Crippen LogP contribution in [0.1, 0.15) is 31.2 Å². The monoisotopic (exact) mass is 214 g/mol. The zero-order valence-electron chi connectivity index (χ0n) is 9.04. The van der Waals surface area contributed by atoms with Crippen LogP contribution in [0.2, 0.25) is 0 Å². The van der Waals surface area contributed by atoms with Gasteiger partial charge in [0.25, 0.3) is 5.22 Å². The first-order chi connectivity index (χ1) is 6.63. The van der Waals surface area contributed by atoms with E-state index in [1.807, 2.05) is 13.8 Å². The molecule has 0 aliphatic carbocycles. The van der Waals surface area contributed by atoms with Crippen molar-refractivity contribution in [1.29, 1.82) is 0 Å². The fourth-order valence-electron chi connectivity index (χ4n) is 1.14. The maximum atomic E-state index is 5.89. The smallest absolute Gasteiger partial charge is 0.256 e. The Morgan fingerprint density at radius 3 is 2.71 bits per heavy atom. The van der Waals surface area contributed by atoms with Gasteiger partial charge in [0.2, 0.25) is 0 Å². The summed E-state index contributed by atoms with van der Waals surface area (Å²) in [5.41, 5.74) is 6.86. The van der Waals surface area contributed by atoms with E-state index in [4.69, 9.17) is 10.2 Å². The molecule has 1 heterocycles. The van der Waals surface area contributed by atoms with Gasteiger partial charge in [-0.15, -0.1) is 0 Å². The molecule has 0 amide bonds. The van der Waals surface area contributed by atoms with Crippen LogP contribution in [0.15, 0.2) is 9.64 Å². The number of nitrogens with two attached hydrogens (primary N) is 1. The van der Waals surface area contributed by atoms with Crippen LogP contribution in [-0.2, 0) is 0 Å². The van der Waals surface area contributed by atoms with E-state index in [0.29, 0.717) is 0 Å². The van der Waals surface area contributed by atoms with Gasteiger partial charge in [-0.05, 0) is 20.3 Å². The van der Waals surface area contributed by atoms with E-state index in [1.54, 1.807) is 11.8 Å². The largest absolute Gasteiger partial charge is 0.437 e. The lowest BCUT2D eigenvalue weighted by Crippen LogP contribution is -2.22. The Kier molecular flexibility index (Phi) is 4.48. The number of thioether (sulfide) groups is 1. The third kappa shape index (κ3) is 3.35. The predicted molar refractivity (Wildman–Crippen MR) is 59.6 cm³/mol. The highest BCUT2D eigenvalue weighted by atomic mass is 32.2. The van der Waals surface area contributed by atoms with Crippen molar-refractivity contribution < 1.29 is 4.42 Å². The van der Waals surface area contributed by atoms with Gasteiger partial charge < -0.3 is 10.2 Å². The molecule has 0 saturated carbocycles. The molecule has 1 rings (SSSR count). The molecule has 0 saturated heterocycles. The molecule has 1 aromatic rings. The minimum absolute atomic E-state index is 0.248. The maximum Gasteiger partial charge on any atom is 0.256 e. The number of rotatable bonds is 5. The van der Waals surface area contributed by atoms with Crippen LogP contribution in [0.25, 0.3) is 0 Å². The summed E-state index contributed by atoms with van der Waals surface area (Å²) >= 11 is 1.60. The Bertz CT molecular complexity index is 266. The van der Waals surface area contributed by atoms with Gasteiger partial charge in [-0.1, -0.05) is 25.1 Å². The second-order valence-corrected chi connectivity index (χ2v) is 4.45. The standard InChI is InChI=1S/C10H18N2OS/c1-4-5-9(11)6-14-10-12-7(2)8(3)13-10/h9H,4-6,11H2,1-3H3. The van der Waals surface area contributed by atoms with Crippen molar-refractivity contribution in [3.05, 3.63) is 11.5 Å². The number of aromatic nitrogens is 1. The molecular weight excluding hydrogens is 196 g/mol. The average Bonchev–Trinajstić information content (AvgIpc) is 2.44. The van der Waals surface area contributed by atoms with E-state index in [-0.39, 0.29) is 6.04 Å². The molecule has 1 unspecified atom stereocenters. The number of hydrogen-bond donors (Lipinski definition) is 1. The van der Waals surface area contributed by atoms with Crippen molar-refractivity contribution in [3.63, 3.8) is 0 Å². The predicted octanol–water partition coefficient (Wildman–Crippen LogP) is 2.51. The molecule has 1 aromatic heterocycles. The van der Waals surface area contributed by atoms with Gasteiger partial charge in [-0.25, -0.2) is 4.98 Å². The summed E-state index contributed by atoms with van der Waals surface area (Å²) in [6.45, 7) is 6.02. The van der Waals surface area contributed by atoms with Crippen LogP contribution in [0, 0.1) is 13.8 Å². The summed E-state index contributed by atoms with van der Waals surface area (Å²) in [7, 11) is 0. The zero-order valence-corrected chi connectivity index (χ0v) is 9.86. The number of nitrogens with zero attached hydrogens (tertiary/aromatic N) is 1. The number of aryl methyl sites for hydroxylation is 2. The molecule has 80 valence electrons. The lowest BCUT2D eigenvalue weighted by atomic mass is 10.2. The topological polar surface area (TPSA) is 52.0 Å². The van der Waals surface area contributed by atoms with Gasteiger partial charge in [0.1, 0.15) is 5.76 Å². The first-order valence-electron chi connectivity index (χ1n) is 4.96. The summed E-state index contributed by atoms with van der Waals surface area (Å²) in [4.78, 5) is 4.28. The molecule has 0 aliphatic rings. The van der Waals surface area contributed by atoms with E-state index in [2.05, 4.69) is 11.9 Å². The third-order valence-electron chi connectivity index (χ3n) is 2.09. The Balaban J connectivity index is 2.38. The van der Waals surface area contributed by atoms with Crippen LogP contribution in [0.4, 0.5) is 0 Å². The van der Waals surface area contributed by atoms with Crippen molar-refractivity contribution in [2.45, 2.75) is 44.9 Å². The summed E-state index contributed by atoms with van der Waals surface area (Å²) < 4.78 is 5.44. The van der Waals surface area contributed by atoms with Crippen LogP contribution < -0.4 is 5.73 Å². The highest BCUT2D eigenvalue weighted by molar-refractivity contribution is 7.99. The quantitative estimate of drug-likeness (QED) is 0.765. The van der Waals surface area contributed by atoms with Crippen molar-refractivity contribution in [3.8, 4) is 0 Å². The maximum absolute atomic E-state index is 5.89. The average molecular weight is 214 g/mol. The van der Waals surface area contributed by atoms with E-state index in [1.165, 1.54) is 0 Å². The second kappa shape index (κ2) is 5.41. The van der Waals surface area contributed by atoms with Gasteiger partial charge in [0, 0.05) is 11.8 Å². The molecule has 0 radical (unpaired) electrons. The van der Waals surface area contributed by atoms with Gasteiger partial charge >= 0.3 is 0 Å².